The quantitative estimate of drug-likeness (QED) is 0.920. The van der Waals surface area contributed by atoms with Crippen LogP contribution in [-0.4, -0.2) is 28.9 Å². The second-order valence-corrected chi connectivity index (χ2v) is 5.74. The van der Waals surface area contributed by atoms with Crippen molar-refractivity contribution in [3.05, 3.63) is 35.7 Å². The maximum absolute atomic E-state index is 11.9. The van der Waals surface area contributed by atoms with E-state index in [1.54, 1.807) is 12.5 Å². The Morgan fingerprint density at radius 3 is 3.30 bits per heavy atom. The Balaban J connectivity index is 1.51. The fraction of sp³-hybridized carbons (Fsp3) is 0.429. The van der Waals surface area contributed by atoms with Crippen molar-refractivity contribution in [1.82, 2.24) is 9.88 Å². The SMILES string of the molecule is O=C(CCN1CCC[C@@H]1c1ccco1)Nc1nccs1. The Bertz CT molecular complexity index is 539. The van der Waals surface area contributed by atoms with Gasteiger partial charge in [-0.05, 0) is 31.5 Å². The van der Waals surface area contributed by atoms with Crippen LogP contribution in [0.2, 0.25) is 0 Å². The molecule has 1 aliphatic heterocycles. The fourth-order valence-corrected chi connectivity index (χ4v) is 3.15. The highest BCUT2D eigenvalue weighted by molar-refractivity contribution is 7.13. The minimum Gasteiger partial charge on any atom is -0.468 e. The van der Waals surface area contributed by atoms with E-state index in [4.69, 9.17) is 4.42 Å². The molecular weight excluding hydrogens is 274 g/mol. The summed E-state index contributed by atoms with van der Waals surface area (Å²) in [5, 5.41) is 5.33. The summed E-state index contributed by atoms with van der Waals surface area (Å²) in [5.74, 6) is 1.02. The van der Waals surface area contributed by atoms with Crippen molar-refractivity contribution in [3.8, 4) is 0 Å². The van der Waals surface area contributed by atoms with Crippen LogP contribution in [0.1, 0.15) is 31.1 Å². The van der Waals surface area contributed by atoms with Crippen LogP contribution < -0.4 is 5.32 Å². The van der Waals surface area contributed by atoms with Gasteiger partial charge in [-0.15, -0.1) is 11.3 Å². The number of nitrogens with one attached hydrogen (secondary N) is 1. The van der Waals surface area contributed by atoms with Crippen LogP contribution >= 0.6 is 11.3 Å². The number of thiazole rings is 1. The highest BCUT2D eigenvalue weighted by atomic mass is 32.1. The van der Waals surface area contributed by atoms with Gasteiger partial charge in [-0.3, -0.25) is 9.69 Å². The minimum atomic E-state index is 0.0186. The molecule has 0 bridgehead atoms. The maximum Gasteiger partial charge on any atom is 0.227 e. The Morgan fingerprint density at radius 2 is 2.55 bits per heavy atom. The van der Waals surface area contributed by atoms with Crippen LogP contribution in [0.3, 0.4) is 0 Å². The molecule has 1 aliphatic rings. The standard InChI is InChI=1S/C14H17N3O2S/c18-13(16-14-15-6-10-20-14)5-8-17-7-1-3-11(17)12-4-2-9-19-12/h2,4,6,9-11H,1,3,5,7-8H2,(H,15,16,18)/t11-/m1/s1. The monoisotopic (exact) mass is 291 g/mol. The van der Waals surface area contributed by atoms with Crippen LogP contribution in [0.5, 0.6) is 0 Å². The van der Waals surface area contributed by atoms with Gasteiger partial charge in [0.05, 0.1) is 12.3 Å². The number of carbonyl (C=O) groups excluding carboxylic acids is 1. The summed E-state index contributed by atoms with van der Waals surface area (Å²) in [6.45, 7) is 1.78. The number of aromatic nitrogens is 1. The summed E-state index contributed by atoms with van der Waals surface area (Å²) in [6.07, 6.45) is 6.13. The van der Waals surface area contributed by atoms with Gasteiger partial charge < -0.3 is 9.73 Å². The maximum atomic E-state index is 11.9. The molecule has 6 heteroatoms. The molecule has 0 radical (unpaired) electrons. The van der Waals surface area contributed by atoms with Crippen LogP contribution in [0.25, 0.3) is 0 Å². The molecule has 106 valence electrons. The topological polar surface area (TPSA) is 58.4 Å². The van der Waals surface area contributed by atoms with E-state index in [-0.39, 0.29) is 5.91 Å². The molecule has 2 aromatic heterocycles. The summed E-state index contributed by atoms with van der Waals surface area (Å²) < 4.78 is 5.49. The molecule has 0 saturated carbocycles. The number of anilines is 1. The van der Waals surface area contributed by atoms with E-state index in [0.29, 0.717) is 17.6 Å². The number of likely N-dealkylation sites (tertiary alicyclic amines) is 1. The predicted molar refractivity (Wildman–Crippen MR) is 77.6 cm³/mol. The number of nitrogens with zero attached hydrogens (tertiary/aromatic N) is 2. The van der Waals surface area contributed by atoms with Crippen molar-refractivity contribution < 1.29 is 9.21 Å². The smallest absolute Gasteiger partial charge is 0.227 e. The molecule has 0 spiro atoms. The lowest BCUT2D eigenvalue weighted by atomic mass is 10.1. The molecule has 1 fully saturated rings. The van der Waals surface area contributed by atoms with Crippen LogP contribution in [0.4, 0.5) is 5.13 Å². The van der Waals surface area contributed by atoms with Gasteiger partial charge in [0, 0.05) is 24.5 Å². The predicted octanol–water partition coefficient (Wildman–Crippen LogP) is 2.90. The zero-order valence-electron chi connectivity index (χ0n) is 11.1. The largest absolute Gasteiger partial charge is 0.468 e. The molecule has 5 nitrogen and oxygen atoms in total. The minimum absolute atomic E-state index is 0.0186. The molecule has 0 unspecified atom stereocenters. The highest BCUT2D eigenvalue weighted by Gasteiger charge is 2.27. The van der Waals surface area contributed by atoms with E-state index >= 15 is 0 Å². The van der Waals surface area contributed by atoms with Gasteiger partial charge in [0.25, 0.3) is 0 Å². The third kappa shape index (κ3) is 3.08. The molecule has 20 heavy (non-hydrogen) atoms. The van der Waals surface area contributed by atoms with E-state index < -0.39 is 0 Å². The van der Waals surface area contributed by atoms with Gasteiger partial charge in [0.15, 0.2) is 5.13 Å². The lowest BCUT2D eigenvalue weighted by molar-refractivity contribution is -0.116. The van der Waals surface area contributed by atoms with E-state index in [0.717, 1.165) is 31.7 Å². The van der Waals surface area contributed by atoms with Gasteiger partial charge in [-0.1, -0.05) is 0 Å². The lowest BCUT2D eigenvalue weighted by Crippen LogP contribution is -2.27. The Hall–Kier alpha value is -1.66. The van der Waals surface area contributed by atoms with E-state index in [1.807, 2.05) is 17.5 Å². The third-order valence-electron chi connectivity index (χ3n) is 3.54. The molecular formula is C14H17N3O2S. The molecule has 1 amide bonds. The lowest BCUT2D eigenvalue weighted by Gasteiger charge is -2.22. The molecule has 0 aromatic carbocycles. The van der Waals surface area contributed by atoms with Gasteiger partial charge in [0.1, 0.15) is 5.76 Å². The van der Waals surface area contributed by atoms with Crippen LogP contribution in [0, 0.1) is 0 Å². The average Bonchev–Trinajstić information content (AvgIpc) is 3.18. The van der Waals surface area contributed by atoms with Gasteiger partial charge in [0.2, 0.25) is 5.91 Å². The summed E-state index contributed by atoms with van der Waals surface area (Å²) >= 11 is 1.44. The van der Waals surface area contributed by atoms with E-state index in [1.165, 1.54) is 11.3 Å². The molecule has 3 rings (SSSR count). The summed E-state index contributed by atoms with van der Waals surface area (Å²) in [5.41, 5.74) is 0. The first kappa shape index (κ1) is 13.3. The van der Waals surface area contributed by atoms with E-state index in [2.05, 4.69) is 15.2 Å². The molecule has 2 aromatic rings. The first-order chi connectivity index (χ1) is 9.83. The van der Waals surface area contributed by atoms with E-state index in [9.17, 15) is 4.79 Å². The van der Waals surface area contributed by atoms with Crippen molar-refractivity contribution in [2.75, 3.05) is 18.4 Å². The molecule has 1 saturated heterocycles. The Kier molecular flexibility index (Phi) is 4.13. The highest BCUT2D eigenvalue weighted by Crippen LogP contribution is 2.31. The van der Waals surface area contributed by atoms with Crippen LogP contribution in [-0.2, 0) is 4.79 Å². The van der Waals surface area contributed by atoms with Gasteiger partial charge >= 0.3 is 0 Å². The zero-order chi connectivity index (χ0) is 13.8. The Labute approximate surface area is 121 Å². The molecule has 3 heterocycles. The van der Waals surface area contributed by atoms with Crippen molar-refractivity contribution in [3.63, 3.8) is 0 Å². The molecule has 0 aliphatic carbocycles. The number of rotatable bonds is 5. The first-order valence-corrected chi connectivity index (χ1v) is 7.68. The van der Waals surface area contributed by atoms with Crippen molar-refractivity contribution in [2.45, 2.75) is 25.3 Å². The summed E-state index contributed by atoms with van der Waals surface area (Å²) in [7, 11) is 0. The number of furan rings is 1. The molecule has 1 atom stereocenters. The third-order valence-corrected chi connectivity index (χ3v) is 4.23. The molecule has 1 N–H and O–H groups in total. The van der Waals surface area contributed by atoms with Crippen molar-refractivity contribution >= 4 is 22.4 Å². The average molecular weight is 291 g/mol. The van der Waals surface area contributed by atoms with Crippen molar-refractivity contribution in [1.29, 1.82) is 0 Å². The fourth-order valence-electron chi connectivity index (χ4n) is 2.61. The first-order valence-electron chi connectivity index (χ1n) is 6.80. The number of hydrogen-bond acceptors (Lipinski definition) is 5. The summed E-state index contributed by atoms with van der Waals surface area (Å²) in [4.78, 5) is 18.2. The van der Waals surface area contributed by atoms with Gasteiger partial charge in [-0.25, -0.2) is 4.98 Å². The number of hydrogen-bond donors (Lipinski definition) is 1. The van der Waals surface area contributed by atoms with Crippen molar-refractivity contribution in [2.24, 2.45) is 0 Å². The second-order valence-electron chi connectivity index (χ2n) is 4.84. The van der Waals surface area contributed by atoms with Gasteiger partial charge in [-0.2, -0.15) is 0 Å². The number of carbonyl (C=O) groups is 1. The van der Waals surface area contributed by atoms with Crippen LogP contribution in [0.15, 0.2) is 34.4 Å². The summed E-state index contributed by atoms with van der Waals surface area (Å²) in [6, 6.07) is 4.25. The number of amides is 1. The zero-order valence-corrected chi connectivity index (χ0v) is 11.9. The second kappa shape index (κ2) is 6.19. The normalized spacial score (nSPS) is 19.3. The Morgan fingerprint density at radius 1 is 1.60 bits per heavy atom.